The van der Waals surface area contributed by atoms with Gasteiger partial charge in [0.05, 0.1) is 18.2 Å². The Kier molecular flexibility index (Phi) is 6.20. The van der Waals surface area contributed by atoms with Gasteiger partial charge >= 0.3 is 0 Å². The molecule has 0 amide bonds. The summed E-state index contributed by atoms with van der Waals surface area (Å²) in [5.41, 5.74) is 2.65. The Balaban J connectivity index is 1.83. The highest BCUT2D eigenvalue weighted by molar-refractivity contribution is 5.41. The van der Waals surface area contributed by atoms with Crippen molar-refractivity contribution in [1.82, 2.24) is 14.4 Å². The Hall–Kier alpha value is -2.96. The Labute approximate surface area is 182 Å². The first-order valence-corrected chi connectivity index (χ1v) is 10.6. The standard InChI is InChI=1S/C25H28FN3O2/c1-18-16-22(30)23(25(31)29(18)17-19-6-4-3-5-7-19)24(20-8-10-21(26)11-9-20)28-14-12-27(2)13-15-28/h3-11,16,24,30H,12-15,17H2,1-2H3/t24-/m1/s1. The summed E-state index contributed by atoms with van der Waals surface area (Å²) in [7, 11) is 2.07. The number of piperazine rings is 1. The summed E-state index contributed by atoms with van der Waals surface area (Å²) in [5, 5.41) is 10.9. The Morgan fingerprint density at radius 3 is 2.29 bits per heavy atom. The van der Waals surface area contributed by atoms with Crippen LogP contribution in [0, 0.1) is 12.7 Å². The van der Waals surface area contributed by atoms with Crippen LogP contribution in [0.15, 0.2) is 65.5 Å². The van der Waals surface area contributed by atoms with Gasteiger partial charge < -0.3 is 14.6 Å². The minimum Gasteiger partial charge on any atom is -0.507 e. The van der Waals surface area contributed by atoms with Gasteiger partial charge in [0.2, 0.25) is 0 Å². The van der Waals surface area contributed by atoms with Crippen molar-refractivity contribution >= 4 is 0 Å². The molecule has 1 fully saturated rings. The molecule has 4 rings (SSSR count). The molecule has 2 heterocycles. The predicted octanol–water partition coefficient (Wildman–Crippen LogP) is 3.39. The van der Waals surface area contributed by atoms with Crippen molar-refractivity contribution in [1.29, 1.82) is 0 Å². The smallest absolute Gasteiger partial charge is 0.259 e. The van der Waals surface area contributed by atoms with E-state index in [-0.39, 0.29) is 17.1 Å². The minimum atomic E-state index is -0.440. The van der Waals surface area contributed by atoms with Crippen LogP contribution in [0.5, 0.6) is 5.75 Å². The topological polar surface area (TPSA) is 48.7 Å². The maximum Gasteiger partial charge on any atom is 0.259 e. The maximum atomic E-state index is 13.7. The molecule has 1 aliphatic rings. The summed E-state index contributed by atoms with van der Waals surface area (Å²) in [6.45, 7) is 5.49. The zero-order valence-corrected chi connectivity index (χ0v) is 18.0. The first kappa shape index (κ1) is 21.3. The molecule has 1 atom stereocenters. The average Bonchev–Trinajstić information content (AvgIpc) is 2.76. The summed E-state index contributed by atoms with van der Waals surface area (Å²) in [5.74, 6) is -0.337. The molecule has 0 spiro atoms. The van der Waals surface area contributed by atoms with E-state index in [2.05, 4.69) is 16.8 Å². The molecular weight excluding hydrogens is 393 g/mol. The van der Waals surface area contributed by atoms with Crippen LogP contribution < -0.4 is 5.56 Å². The van der Waals surface area contributed by atoms with Gasteiger partial charge in [-0.2, -0.15) is 0 Å². The zero-order valence-electron chi connectivity index (χ0n) is 18.0. The Morgan fingerprint density at radius 2 is 1.65 bits per heavy atom. The quantitative estimate of drug-likeness (QED) is 0.686. The van der Waals surface area contributed by atoms with E-state index in [1.165, 1.54) is 12.1 Å². The molecule has 1 aliphatic heterocycles. The minimum absolute atomic E-state index is 0.0138. The molecule has 31 heavy (non-hydrogen) atoms. The van der Waals surface area contributed by atoms with Gasteiger partial charge in [-0.3, -0.25) is 9.69 Å². The molecule has 1 saturated heterocycles. The Morgan fingerprint density at radius 1 is 1.00 bits per heavy atom. The molecule has 0 saturated carbocycles. The SMILES string of the molecule is Cc1cc(O)c([C@@H](c2ccc(F)cc2)N2CCN(C)CC2)c(=O)n1Cc1ccccc1. The summed E-state index contributed by atoms with van der Waals surface area (Å²) in [6, 6.07) is 17.3. The van der Waals surface area contributed by atoms with Gasteiger partial charge in [-0.15, -0.1) is 0 Å². The second-order valence-corrected chi connectivity index (χ2v) is 8.25. The fourth-order valence-corrected chi connectivity index (χ4v) is 4.27. The summed E-state index contributed by atoms with van der Waals surface area (Å²) in [6.07, 6.45) is 0. The summed E-state index contributed by atoms with van der Waals surface area (Å²) in [4.78, 5) is 18.1. The van der Waals surface area contributed by atoms with E-state index < -0.39 is 6.04 Å². The number of hydrogen-bond donors (Lipinski definition) is 1. The van der Waals surface area contributed by atoms with Gasteiger partial charge in [0, 0.05) is 31.9 Å². The van der Waals surface area contributed by atoms with E-state index >= 15 is 0 Å². The molecule has 0 radical (unpaired) electrons. The molecule has 1 N–H and O–H groups in total. The van der Waals surface area contributed by atoms with Crippen LogP contribution in [0.25, 0.3) is 0 Å². The molecule has 1 aromatic heterocycles. The first-order valence-electron chi connectivity index (χ1n) is 10.6. The summed E-state index contributed by atoms with van der Waals surface area (Å²) >= 11 is 0. The highest BCUT2D eigenvalue weighted by atomic mass is 19.1. The van der Waals surface area contributed by atoms with Crippen molar-refractivity contribution in [2.24, 2.45) is 0 Å². The van der Waals surface area contributed by atoms with Gasteiger partial charge in [-0.1, -0.05) is 42.5 Å². The van der Waals surface area contributed by atoms with Crippen LogP contribution in [0.4, 0.5) is 4.39 Å². The highest BCUT2D eigenvalue weighted by Gasteiger charge is 2.30. The fourth-order valence-electron chi connectivity index (χ4n) is 4.27. The fraction of sp³-hybridized carbons (Fsp3) is 0.320. The normalized spacial score (nSPS) is 16.4. The second-order valence-electron chi connectivity index (χ2n) is 8.25. The van der Waals surface area contributed by atoms with Crippen molar-refractivity contribution in [3.63, 3.8) is 0 Å². The lowest BCUT2D eigenvalue weighted by atomic mass is 9.96. The molecule has 0 bridgehead atoms. The van der Waals surface area contributed by atoms with Crippen LogP contribution in [0.2, 0.25) is 0 Å². The number of aromatic nitrogens is 1. The van der Waals surface area contributed by atoms with E-state index in [1.54, 1.807) is 22.8 Å². The number of hydrogen-bond acceptors (Lipinski definition) is 4. The second kappa shape index (κ2) is 9.04. The van der Waals surface area contributed by atoms with E-state index in [4.69, 9.17) is 0 Å². The van der Waals surface area contributed by atoms with Gasteiger partial charge in [-0.05, 0) is 43.3 Å². The summed E-state index contributed by atoms with van der Waals surface area (Å²) < 4.78 is 15.3. The lowest BCUT2D eigenvalue weighted by Gasteiger charge is -2.38. The predicted molar refractivity (Wildman–Crippen MR) is 120 cm³/mol. The monoisotopic (exact) mass is 421 g/mol. The van der Waals surface area contributed by atoms with Crippen molar-refractivity contribution in [3.05, 3.63) is 99.2 Å². The zero-order chi connectivity index (χ0) is 22.0. The third-order valence-electron chi connectivity index (χ3n) is 6.07. The molecule has 3 aromatic rings. The number of likely N-dealkylation sites (N-methyl/N-ethyl adjacent to an activating group) is 1. The Bertz CT molecular complexity index is 1090. The number of rotatable bonds is 5. The molecular formula is C25H28FN3O2. The highest BCUT2D eigenvalue weighted by Crippen LogP contribution is 2.33. The van der Waals surface area contributed by atoms with Crippen molar-refractivity contribution in [2.45, 2.75) is 19.5 Å². The largest absolute Gasteiger partial charge is 0.507 e. The molecule has 6 heteroatoms. The van der Waals surface area contributed by atoms with Crippen LogP contribution in [-0.2, 0) is 6.54 Å². The number of benzene rings is 2. The van der Waals surface area contributed by atoms with Crippen molar-refractivity contribution in [3.8, 4) is 5.75 Å². The molecule has 0 unspecified atom stereocenters. The number of aryl methyl sites for hydroxylation is 1. The number of nitrogens with zero attached hydrogens (tertiary/aromatic N) is 3. The average molecular weight is 422 g/mol. The van der Waals surface area contributed by atoms with E-state index in [1.807, 2.05) is 37.3 Å². The maximum absolute atomic E-state index is 13.7. The van der Waals surface area contributed by atoms with Crippen LogP contribution >= 0.6 is 0 Å². The molecule has 162 valence electrons. The van der Waals surface area contributed by atoms with Crippen molar-refractivity contribution in [2.75, 3.05) is 33.2 Å². The van der Waals surface area contributed by atoms with Crippen molar-refractivity contribution < 1.29 is 9.50 Å². The lowest BCUT2D eigenvalue weighted by Crippen LogP contribution is -2.47. The van der Waals surface area contributed by atoms with Crippen LogP contribution in [0.3, 0.4) is 0 Å². The third kappa shape index (κ3) is 4.55. The van der Waals surface area contributed by atoms with E-state index in [9.17, 15) is 14.3 Å². The van der Waals surface area contributed by atoms with Gasteiger partial charge in [-0.25, -0.2) is 4.39 Å². The van der Waals surface area contributed by atoms with E-state index in [0.29, 0.717) is 17.8 Å². The van der Waals surface area contributed by atoms with Gasteiger partial charge in [0.25, 0.3) is 5.56 Å². The third-order valence-corrected chi connectivity index (χ3v) is 6.07. The van der Waals surface area contributed by atoms with Crippen LogP contribution in [-0.4, -0.2) is 52.7 Å². The molecule has 2 aromatic carbocycles. The molecule has 5 nitrogen and oxygen atoms in total. The lowest BCUT2D eigenvalue weighted by molar-refractivity contribution is 0.125. The van der Waals surface area contributed by atoms with Crippen LogP contribution in [0.1, 0.15) is 28.4 Å². The first-order chi connectivity index (χ1) is 14.9. The molecule has 0 aliphatic carbocycles. The number of aromatic hydroxyl groups is 1. The van der Waals surface area contributed by atoms with Gasteiger partial charge in [0.15, 0.2) is 0 Å². The van der Waals surface area contributed by atoms with E-state index in [0.717, 1.165) is 37.3 Å². The number of pyridine rings is 1. The number of halogens is 1. The van der Waals surface area contributed by atoms with Gasteiger partial charge in [0.1, 0.15) is 11.6 Å².